The van der Waals surface area contributed by atoms with Crippen LogP contribution in [0.1, 0.15) is 42.2 Å². The van der Waals surface area contributed by atoms with E-state index in [9.17, 15) is 9.59 Å². The van der Waals surface area contributed by atoms with Gasteiger partial charge in [-0.1, -0.05) is 6.07 Å². The minimum atomic E-state index is -0.680. The van der Waals surface area contributed by atoms with Crippen molar-refractivity contribution in [3.8, 4) is 11.5 Å². The number of benzene rings is 1. The van der Waals surface area contributed by atoms with Gasteiger partial charge in [0.1, 0.15) is 12.3 Å². The van der Waals surface area contributed by atoms with Crippen molar-refractivity contribution < 1.29 is 23.5 Å². The van der Waals surface area contributed by atoms with Crippen molar-refractivity contribution in [3.05, 3.63) is 47.9 Å². The second-order valence-corrected chi connectivity index (χ2v) is 6.19. The van der Waals surface area contributed by atoms with Crippen LogP contribution in [0.5, 0.6) is 11.5 Å². The van der Waals surface area contributed by atoms with Gasteiger partial charge >= 0.3 is 0 Å². The van der Waals surface area contributed by atoms with Gasteiger partial charge in [0, 0.05) is 6.42 Å². The summed E-state index contributed by atoms with van der Waals surface area (Å²) in [5, 5.41) is 5.54. The minimum Gasteiger partial charge on any atom is -0.490 e. The third kappa shape index (κ3) is 4.17. The number of carbonyl (C=O) groups is 2. The molecule has 2 amide bonds. The maximum absolute atomic E-state index is 12.4. The Morgan fingerprint density at radius 3 is 2.54 bits per heavy atom. The molecule has 0 aliphatic carbocycles. The highest BCUT2D eigenvalue weighted by Gasteiger charge is 2.20. The molecular weight excluding hydrogens is 336 g/mol. The second-order valence-electron chi connectivity index (χ2n) is 6.19. The van der Waals surface area contributed by atoms with Gasteiger partial charge in [0.15, 0.2) is 11.5 Å². The predicted octanol–water partition coefficient (Wildman–Crippen LogP) is 2.44. The third-order valence-corrected chi connectivity index (χ3v) is 4.15. The first-order valence-electron chi connectivity index (χ1n) is 8.57. The smallest absolute Gasteiger partial charge is 0.255 e. The Morgan fingerprint density at radius 2 is 1.81 bits per heavy atom. The van der Waals surface area contributed by atoms with Crippen molar-refractivity contribution in [2.45, 2.75) is 32.4 Å². The zero-order valence-corrected chi connectivity index (χ0v) is 14.8. The maximum Gasteiger partial charge on any atom is 0.255 e. The molecule has 1 aromatic heterocycles. The highest BCUT2D eigenvalue weighted by Crippen LogP contribution is 2.32. The first kappa shape index (κ1) is 17.8. The Morgan fingerprint density at radius 1 is 1.04 bits per heavy atom. The number of hydrogen-bond donors (Lipinski definition) is 2. The molecule has 138 valence electrons. The van der Waals surface area contributed by atoms with Gasteiger partial charge in [-0.15, -0.1) is 0 Å². The van der Waals surface area contributed by atoms with Crippen LogP contribution in [-0.4, -0.2) is 31.1 Å². The lowest BCUT2D eigenvalue weighted by Crippen LogP contribution is -2.45. The van der Waals surface area contributed by atoms with Gasteiger partial charge in [-0.2, -0.15) is 0 Å². The van der Waals surface area contributed by atoms with Crippen LogP contribution in [0.15, 0.2) is 41.2 Å². The molecule has 7 nitrogen and oxygen atoms in total. The molecule has 2 heterocycles. The van der Waals surface area contributed by atoms with E-state index in [1.807, 2.05) is 25.1 Å². The van der Waals surface area contributed by atoms with E-state index >= 15 is 0 Å². The fourth-order valence-corrected chi connectivity index (χ4v) is 2.61. The molecule has 26 heavy (non-hydrogen) atoms. The largest absolute Gasteiger partial charge is 0.490 e. The number of fused-ring (bicyclic) bond motifs is 1. The van der Waals surface area contributed by atoms with Gasteiger partial charge in [-0.05, 0) is 37.6 Å². The highest BCUT2D eigenvalue weighted by atomic mass is 16.5. The molecule has 2 atom stereocenters. The molecule has 0 spiro atoms. The number of ether oxygens (including phenoxy) is 2. The fraction of sp³-hybridized carbons (Fsp3) is 0.368. The standard InChI is InChI=1S/C19H22N2O5/c1-12(14-4-5-16-17(10-14)26-8-3-7-25-16)20-18(22)13(2)21-19(23)15-6-9-24-11-15/h4-6,9-13H,3,7-8H2,1-2H3,(H,20,22)(H,21,23)/t12-,13-/m1/s1. The minimum absolute atomic E-state index is 0.243. The molecule has 1 aliphatic rings. The summed E-state index contributed by atoms with van der Waals surface area (Å²) in [6.45, 7) is 4.75. The van der Waals surface area contributed by atoms with Gasteiger partial charge in [0.25, 0.3) is 5.91 Å². The van der Waals surface area contributed by atoms with Crippen molar-refractivity contribution in [2.24, 2.45) is 0 Å². The van der Waals surface area contributed by atoms with Crippen molar-refractivity contribution in [1.29, 1.82) is 0 Å². The molecule has 0 bridgehead atoms. The van der Waals surface area contributed by atoms with E-state index in [1.54, 1.807) is 13.0 Å². The summed E-state index contributed by atoms with van der Waals surface area (Å²) >= 11 is 0. The molecule has 0 fully saturated rings. The third-order valence-electron chi connectivity index (χ3n) is 4.15. The number of furan rings is 1. The molecular formula is C19H22N2O5. The lowest BCUT2D eigenvalue weighted by molar-refractivity contribution is -0.123. The maximum atomic E-state index is 12.4. The fourth-order valence-electron chi connectivity index (χ4n) is 2.61. The average Bonchev–Trinajstić information content (AvgIpc) is 3.07. The van der Waals surface area contributed by atoms with Crippen molar-refractivity contribution in [2.75, 3.05) is 13.2 Å². The Bertz CT molecular complexity index is 772. The van der Waals surface area contributed by atoms with E-state index in [4.69, 9.17) is 13.9 Å². The molecule has 0 radical (unpaired) electrons. The predicted molar refractivity (Wildman–Crippen MR) is 94.2 cm³/mol. The molecule has 0 saturated heterocycles. The van der Waals surface area contributed by atoms with Gasteiger partial charge in [0.05, 0.1) is 31.1 Å². The van der Waals surface area contributed by atoms with Gasteiger partial charge < -0.3 is 24.5 Å². The Kier molecular flexibility index (Phi) is 5.46. The van der Waals surface area contributed by atoms with E-state index in [2.05, 4.69) is 10.6 Å². The first-order valence-corrected chi connectivity index (χ1v) is 8.57. The number of hydrogen-bond acceptors (Lipinski definition) is 5. The molecule has 0 saturated carbocycles. The monoisotopic (exact) mass is 358 g/mol. The molecule has 2 N–H and O–H groups in total. The van der Waals surface area contributed by atoms with Crippen molar-refractivity contribution in [1.82, 2.24) is 10.6 Å². The van der Waals surface area contributed by atoms with Crippen LogP contribution in [0.25, 0.3) is 0 Å². The van der Waals surface area contributed by atoms with E-state index in [-0.39, 0.29) is 17.9 Å². The summed E-state index contributed by atoms with van der Waals surface area (Å²) in [4.78, 5) is 24.4. The Hall–Kier alpha value is -2.96. The van der Waals surface area contributed by atoms with Crippen molar-refractivity contribution in [3.63, 3.8) is 0 Å². The van der Waals surface area contributed by atoms with E-state index in [0.717, 1.165) is 12.0 Å². The number of rotatable bonds is 5. The van der Waals surface area contributed by atoms with Crippen LogP contribution in [0.4, 0.5) is 0 Å². The lowest BCUT2D eigenvalue weighted by atomic mass is 10.1. The second kappa shape index (κ2) is 7.95. The number of carbonyl (C=O) groups excluding carboxylic acids is 2. The molecule has 0 unspecified atom stereocenters. The summed E-state index contributed by atoms with van der Waals surface area (Å²) in [6.07, 6.45) is 3.58. The number of nitrogens with one attached hydrogen (secondary N) is 2. The lowest BCUT2D eigenvalue weighted by Gasteiger charge is -2.19. The summed E-state index contributed by atoms with van der Waals surface area (Å²) in [7, 11) is 0. The molecule has 7 heteroatoms. The van der Waals surface area contributed by atoms with Crippen molar-refractivity contribution >= 4 is 11.8 Å². The van der Waals surface area contributed by atoms with Crippen LogP contribution in [0.3, 0.4) is 0 Å². The first-order chi connectivity index (χ1) is 12.5. The number of amides is 2. The topological polar surface area (TPSA) is 89.8 Å². The summed E-state index contributed by atoms with van der Waals surface area (Å²) in [6, 6.07) is 6.24. The molecule has 1 aliphatic heterocycles. The zero-order chi connectivity index (χ0) is 18.5. The average molecular weight is 358 g/mol. The van der Waals surface area contributed by atoms with Crippen LogP contribution >= 0.6 is 0 Å². The molecule has 2 aromatic rings. The van der Waals surface area contributed by atoms with E-state index in [1.165, 1.54) is 12.5 Å². The van der Waals surface area contributed by atoms with Gasteiger partial charge in [-0.25, -0.2) is 0 Å². The van der Waals surface area contributed by atoms with Crippen LogP contribution in [0, 0.1) is 0 Å². The summed E-state index contributed by atoms with van der Waals surface area (Å²) in [5.74, 6) is 0.763. The van der Waals surface area contributed by atoms with E-state index < -0.39 is 6.04 Å². The normalized spacial score (nSPS) is 15.5. The van der Waals surface area contributed by atoms with Gasteiger partial charge in [0.2, 0.25) is 5.91 Å². The Labute approximate surface area is 151 Å². The summed E-state index contributed by atoms with van der Waals surface area (Å²) in [5.41, 5.74) is 1.27. The van der Waals surface area contributed by atoms with Crippen LogP contribution in [0.2, 0.25) is 0 Å². The molecule has 1 aromatic carbocycles. The zero-order valence-electron chi connectivity index (χ0n) is 14.8. The molecule has 3 rings (SSSR count). The quantitative estimate of drug-likeness (QED) is 0.857. The van der Waals surface area contributed by atoms with Gasteiger partial charge in [-0.3, -0.25) is 9.59 Å². The Balaban J connectivity index is 1.60. The highest BCUT2D eigenvalue weighted by molar-refractivity contribution is 5.97. The van der Waals surface area contributed by atoms with Crippen LogP contribution in [-0.2, 0) is 4.79 Å². The summed E-state index contributed by atoms with van der Waals surface area (Å²) < 4.78 is 16.2. The SMILES string of the molecule is C[C@@H](NC(=O)c1ccoc1)C(=O)N[C@H](C)c1ccc2c(c1)OCCCO2. The van der Waals surface area contributed by atoms with E-state index in [0.29, 0.717) is 30.3 Å². The van der Waals surface area contributed by atoms with Crippen LogP contribution < -0.4 is 20.1 Å².